The van der Waals surface area contributed by atoms with Crippen molar-refractivity contribution >= 4 is 99.6 Å². The van der Waals surface area contributed by atoms with E-state index >= 15 is 0 Å². The molecule has 3 heterocycles. The number of thioether (sulfide) groups is 1. The molecule has 2 aliphatic heterocycles. The summed E-state index contributed by atoms with van der Waals surface area (Å²) in [6.45, 7) is 13.9. The SMILES string of the molecule is CC[C@H](C)[C@H](N)C1=N[C@H](C(=O)N[C@@H](CC(C)C)C(=O)N[C@H](CCC(=O)O)C(=O)N[C@H](C(=O)N[C@H]2CCCCNC(=O)[C@H](CC(N)=O)NC(=O)[C@@H](CC(=O)O)NC(=O)[C@H](Cc3cnc[nH]3)NC(=O)[C@@H](Cc3ccccc3)NC(=O)[C@H](C(C)C)NC(=O)[C@@H](CCCN)NC2=O)[C@@H](C)CC)CS1. The number of carboxylic acids is 2. The molecule has 1 aromatic heterocycles. The Morgan fingerprint density at radius 2 is 1.26 bits per heavy atom. The summed E-state index contributed by atoms with van der Waals surface area (Å²) in [4.78, 5) is 206. The molecule has 2 aliphatic rings. The molecule has 20 N–H and O–H groups in total. The Kier molecular flexibility index (Phi) is 34.4. The highest BCUT2D eigenvalue weighted by Gasteiger charge is 2.40. The van der Waals surface area contributed by atoms with Crippen LogP contribution in [0.2, 0.25) is 0 Å². The van der Waals surface area contributed by atoms with Crippen LogP contribution in [0.5, 0.6) is 0 Å². The Labute approximate surface area is 579 Å². The molecule has 1 aromatic carbocycles. The van der Waals surface area contributed by atoms with E-state index in [1.807, 2.05) is 27.7 Å². The summed E-state index contributed by atoms with van der Waals surface area (Å²) in [6, 6.07) is -8.38. The number of aliphatic carboxylic acids is 2. The number of nitrogens with two attached hydrogens (primary N) is 3. The van der Waals surface area contributed by atoms with E-state index in [1.165, 1.54) is 24.3 Å². The van der Waals surface area contributed by atoms with Crippen LogP contribution in [0.3, 0.4) is 0 Å². The van der Waals surface area contributed by atoms with Gasteiger partial charge in [0.1, 0.15) is 66.5 Å². The largest absolute Gasteiger partial charge is 0.481 e. The standard InChI is InChI=1S/C65H101N17O16S/c1-9-35(7)51(68)65-80-47(31-99-65)62(96)75-42(25-33(3)4)58(92)73-41(21-22-49(84)85)57(91)82-53(36(8)10-2)64(98)74-39-19-14-15-24-70-54(88)45(28-48(67)83)77-61(95)46(29-50(86)87)78-60(94)44(27-38-30-69-32-71-38)76-59(93)43(26-37-17-12-11-13-18-37)79-63(97)52(34(5)6)81-56(90)40(20-16-23-66)72-55(39)89/h11-13,17-18,30,32-36,39-47,51-53H,9-10,14-16,19-29,31,66,68H2,1-8H3,(H2,67,83)(H,69,71)(H,70,88)(H,72,89)(H,73,92)(H,74,98)(H,75,96)(H,76,93)(H,77,95)(H,78,94)(H,79,97)(H,81,90)(H,82,91)(H,84,85)(H,86,87)/t35-,36-,39-,40+,41+,42-,43+,44-,45-,46+,47-,51-,52-,53-/m0/s1. The van der Waals surface area contributed by atoms with Crippen LogP contribution in [0.25, 0.3) is 0 Å². The topological polar surface area (TPSA) is 531 Å². The van der Waals surface area contributed by atoms with E-state index in [0.717, 1.165) is 6.42 Å². The highest BCUT2D eigenvalue weighted by atomic mass is 32.2. The van der Waals surface area contributed by atoms with Gasteiger partial charge in [-0.25, -0.2) is 4.98 Å². The van der Waals surface area contributed by atoms with Crippen LogP contribution in [0.1, 0.15) is 144 Å². The number of benzene rings is 1. The van der Waals surface area contributed by atoms with Crippen molar-refractivity contribution < 1.29 is 77.3 Å². The van der Waals surface area contributed by atoms with Crippen LogP contribution >= 0.6 is 11.8 Å². The molecule has 1 saturated heterocycles. The summed E-state index contributed by atoms with van der Waals surface area (Å²) >= 11 is 1.35. The van der Waals surface area contributed by atoms with Gasteiger partial charge in [0.2, 0.25) is 70.9 Å². The van der Waals surface area contributed by atoms with Crippen molar-refractivity contribution in [2.75, 3.05) is 18.8 Å². The van der Waals surface area contributed by atoms with Gasteiger partial charge in [-0.15, -0.1) is 11.8 Å². The molecule has 99 heavy (non-hydrogen) atoms. The fraction of sp³-hybridized carbons (Fsp3) is 0.631. The normalized spacial score (nSPS) is 23.0. The molecule has 34 heteroatoms. The summed E-state index contributed by atoms with van der Waals surface area (Å²) in [5.74, 6) is -15.5. The lowest BCUT2D eigenvalue weighted by Gasteiger charge is -2.30. The maximum absolute atomic E-state index is 14.8. The Hall–Kier alpha value is -9.05. The second-order valence-corrected chi connectivity index (χ2v) is 26.9. The molecule has 0 radical (unpaired) electrons. The van der Waals surface area contributed by atoms with Crippen molar-refractivity contribution in [1.29, 1.82) is 0 Å². The van der Waals surface area contributed by atoms with Gasteiger partial charge in [-0.05, 0) is 80.7 Å². The first-order chi connectivity index (χ1) is 46.8. The summed E-state index contributed by atoms with van der Waals surface area (Å²) in [5, 5.41) is 48.9. The Balaban J connectivity index is 1.76. The van der Waals surface area contributed by atoms with Gasteiger partial charge >= 0.3 is 11.9 Å². The lowest BCUT2D eigenvalue weighted by Crippen LogP contribution is -2.62. The molecule has 12 amide bonds. The van der Waals surface area contributed by atoms with Gasteiger partial charge in [0.25, 0.3) is 0 Å². The van der Waals surface area contributed by atoms with Gasteiger partial charge in [-0.1, -0.05) is 98.6 Å². The first-order valence-corrected chi connectivity index (χ1v) is 34.5. The van der Waals surface area contributed by atoms with Crippen LogP contribution in [-0.4, -0.2) is 199 Å². The second-order valence-electron chi connectivity index (χ2n) is 25.8. The minimum Gasteiger partial charge on any atom is -0.481 e. The number of hydrogen-bond acceptors (Lipinski definition) is 19. The number of carbonyl (C=O) groups excluding carboxylic acids is 12. The minimum atomic E-state index is -1.94. The van der Waals surface area contributed by atoms with Gasteiger partial charge in [-0.3, -0.25) is 72.1 Å². The number of hydrogen-bond donors (Lipinski definition) is 17. The summed E-state index contributed by atoms with van der Waals surface area (Å²) < 4.78 is 0. The van der Waals surface area contributed by atoms with E-state index in [-0.39, 0.29) is 88.5 Å². The molecule has 2 aromatic rings. The number of amides is 12. The van der Waals surface area contributed by atoms with Crippen LogP contribution < -0.4 is 75.7 Å². The number of primary amides is 1. The zero-order chi connectivity index (χ0) is 73.6. The zero-order valence-corrected chi connectivity index (χ0v) is 58.3. The number of nitrogens with zero attached hydrogens (tertiary/aromatic N) is 2. The highest BCUT2D eigenvalue weighted by Crippen LogP contribution is 2.25. The Bertz CT molecular complexity index is 3140. The van der Waals surface area contributed by atoms with Gasteiger partial charge in [0.05, 0.1) is 30.3 Å². The van der Waals surface area contributed by atoms with Crippen molar-refractivity contribution in [2.45, 2.75) is 218 Å². The van der Waals surface area contributed by atoms with E-state index < -0.39 is 193 Å². The average Bonchev–Trinajstić information content (AvgIpc) is 1.62. The van der Waals surface area contributed by atoms with Crippen molar-refractivity contribution in [3.63, 3.8) is 0 Å². The predicted molar refractivity (Wildman–Crippen MR) is 365 cm³/mol. The third kappa shape index (κ3) is 27.7. The molecule has 1 fully saturated rings. The van der Waals surface area contributed by atoms with Crippen molar-refractivity contribution in [1.82, 2.24) is 68.5 Å². The summed E-state index contributed by atoms with van der Waals surface area (Å²) in [7, 11) is 0. The van der Waals surface area contributed by atoms with Gasteiger partial charge in [0, 0.05) is 43.5 Å². The fourth-order valence-electron chi connectivity index (χ4n) is 10.7. The second kappa shape index (κ2) is 41.4. The average molecular weight is 1410 g/mol. The highest BCUT2D eigenvalue weighted by molar-refractivity contribution is 8.14. The van der Waals surface area contributed by atoms with E-state index in [0.29, 0.717) is 16.3 Å². The molecule has 548 valence electrons. The number of imidazole rings is 1. The summed E-state index contributed by atoms with van der Waals surface area (Å²) in [5.41, 5.74) is 18.7. The number of aliphatic imine (C=N–C) groups is 1. The minimum absolute atomic E-state index is 0.000511. The van der Waals surface area contributed by atoms with Crippen LogP contribution in [0.4, 0.5) is 0 Å². The Morgan fingerprint density at radius 1 is 0.667 bits per heavy atom. The molecule has 0 aliphatic carbocycles. The lowest BCUT2D eigenvalue weighted by molar-refractivity contribution is -0.142. The first kappa shape index (κ1) is 82.4. The third-order valence-electron chi connectivity index (χ3n) is 16.9. The van der Waals surface area contributed by atoms with E-state index in [2.05, 4.69) is 73.4 Å². The number of aromatic amines is 1. The van der Waals surface area contributed by atoms with Crippen molar-refractivity contribution in [2.24, 2.45) is 45.9 Å². The molecule has 0 spiro atoms. The Morgan fingerprint density at radius 3 is 1.85 bits per heavy atom. The molecule has 0 saturated carbocycles. The number of rotatable bonds is 30. The van der Waals surface area contributed by atoms with E-state index in [4.69, 9.17) is 17.2 Å². The van der Waals surface area contributed by atoms with Crippen LogP contribution in [-0.2, 0) is 80.0 Å². The number of H-pyrrole nitrogens is 1. The molecular weight excluding hydrogens is 1310 g/mol. The number of carbonyl (C=O) groups is 14. The maximum Gasteiger partial charge on any atom is 0.305 e. The predicted octanol–water partition coefficient (Wildman–Crippen LogP) is -2.07. The van der Waals surface area contributed by atoms with E-state index in [9.17, 15) is 77.3 Å². The van der Waals surface area contributed by atoms with Crippen molar-refractivity contribution in [3.05, 3.63) is 54.1 Å². The zero-order valence-electron chi connectivity index (χ0n) is 57.4. The smallest absolute Gasteiger partial charge is 0.305 e. The van der Waals surface area contributed by atoms with Gasteiger partial charge in [0.15, 0.2) is 0 Å². The van der Waals surface area contributed by atoms with Crippen molar-refractivity contribution in [3.8, 4) is 0 Å². The monoisotopic (exact) mass is 1410 g/mol. The third-order valence-corrected chi connectivity index (χ3v) is 18.1. The number of carboxylic acid groups (broad SMARTS) is 2. The molecule has 33 nitrogen and oxygen atoms in total. The molecular formula is C65H101N17O16S. The van der Waals surface area contributed by atoms with Gasteiger partial charge in [-0.2, -0.15) is 0 Å². The fourth-order valence-corrected chi connectivity index (χ4v) is 11.9. The molecule has 0 unspecified atom stereocenters. The quantitative estimate of drug-likeness (QED) is 0.0400. The van der Waals surface area contributed by atoms with Crippen LogP contribution in [0, 0.1) is 23.7 Å². The van der Waals surface area contributed by atoms with Gasteiger partial charge < -0.3 is 90.9 Å². The maximum atomic E-state index is 14.8. The lowest BCUT2D eigenvalue weighted by atomic mass is 9.96. The number of nitrogens with one attached hydrogen (secondary N) is 12. The van der Waals surface area contributed by atoms with E-state index in [1.54, 1.807) is 58.0 Å². The first-order valence-electron chi connectivity index (χ1n) is 33.6. The molecule has 14 atom stereocenters. The summed E-state index contributed by atoms with van der Waals surface area (Å²) in [6.07, 6.45) is 0.0672. The number of aromatic nitrogens is 2. The van der Waals surface area contributed by atoms with Crippen LogP contribution in [0.15, 0.2) is 47.8 Å². The molecule has 0 bridgehead atoms. The molecule has 4 rings (SSSR count).